The van der Waals surface area contributed by atoms with Crippen LogP contribution in [0.5, 0.6) is 5.75 Å². The molecule has 0 bridgehead atoms. The number of carbonyl (C=O) groups is 1. The minimum absolute atomic E-state index is 0.00944. The predicted octanol–water partition coefficient (Wildman–Crippen LogP) is 2.07. The number of Topliss-reactive ketones (excluding diaryl/α,β-unsaturated/α-hetero) is 1. The fraction of sp³-hybridized carbons (Fsp3) is 0.462. The zero-order valence-corrected chi connectivity index (χ0v) is 9.19. The number of benzene rings is 1. The summed E-state index contributed by atoms with van der Waals surface area (Å²) in [6, 6.07) is 7.38. The van der Waals surface area contributed by atoms with E-state index in [-0.39, 0.29) is 18.5 Å². The molecule has 0 radical (unpaired) electrons. The molecule has 0 aliphatic heterocycles. The van der Waals surface area contributed by atoms with Gasteiger partial charge in [0.15, 0.2) is 0 Å². The van der Waals surface area contributed by atoms with Gasteiger partial charge in [0, 0.05) is 12.8 Å². The van der Waals surface area contributed by atoms with Crippen LogP contribution in [0, 0.1) is 0 Å². The van der Waals surface area contributed by atoms with Crippen LogP contribution in [0.2, 0.25) is 0 Å². The van der Waals surface area contributed by atoms with Crippen LogP contribution in [0.15, 0.2) is 24.3 Å². The summed E-state index contributed by atoms with van der Waals surface area (Å²) < 4.78 is 5.74. The number of ether oxygens (including phenoxy) is 1. The smallest absolute Gasteiger partial charge is 0.136 e. The first kappa shape index (κ1) is 11.1. The highest BCUT2D eigenvalue weighted by Crippen LogP contribution is 2.22. The molecule has 0 aromatic heterocycles. The molecule has 1 aromatic carbocycles. The number of rotatable bonds is 3. The van der Waals surface area contributed by atoms with Crippen LogP contribution in [0.4, 0.5) is 0 Å². The maximum absolute atomic E-state index is 11.3. The molecule has 1 aliphatic carbocycles. The van der Waals surface area contributed by atoms with Gasteiger partial charge in [-0.05, 0) is 30.5 Å². The second kappa shape index (κ2) is 5.12. The van der Waals surface area contributed by atoms with Crippen LogP contribution < -0.4 is 4.74 Å². The van der Waals surface area contributed by atoms with Gasteiger partial charge in [0.25, 0.3) is 0 Å². The van der Waals surface area contributed by atoms with Crippen molar-refractivity contribution in [2.75, 3.05) is 0 Å². The lowest BCUT2D eigenvalue weighted by Crippen LogP contribution is -2.25. The summed E-state index contributed by atoms with van der Waals surface area (Å²) in [5, 5.41) is 9.00. The summed E-state index contributed by atoms with van der Waals surface area (Å²) in [6.45, 7) is 0.0147. The quantitative estimate of drug-likeness (QED) is 0.848. The van der Waals surface area contributed by atoms with E-state index in [1.54, 1.807) is 0 Å². The Morgan fingerprint density at radius 1 is 1.44 bits per heavy atom. The zero-order valence-electron chi connectivity index (χ0n) is 9.19. The van der Waals surface area contributed by atoms with Crippen molar-refractivity contribution in [2.24, 2.45) is 0 Å². The summed E-state index contributed by atoms with van der Waals surface area (Å²) in [4.78, 5) is 11.3. The second-order valence-electron chi connectivity index (χ2n) is 4.18. The molecule has 0 heterocycles. The van der Waals surface area contributed by atoms with Crippen molar-refractivity contribution >= 4 is 5.78 Å². The molecular formula is C13H16O3. The van der Waals surface area contributed by atoms with Crippen molar-refractivity contribution in [2.45, 2.75) is 38.4 Å². The monoisotopic (exact) mass is 220 g/mol. The summed E-state index contributed by atoms with van der Waals surface area (Å²) >= 11 is 0. The predicted molar refractivity (Wildman–Crippen MR) is 60.3 cm³/mol. The Balaban J connectivity index is 1.99. The maximum atomic E-state index is 11.3. The molecule has 1 aromatic rings. The van der Waals surface area contributed by atoms with Crippen LogP contribution >= 0.6 is 0 Å². The molecule has 0 saturated heterocycles. The summed E-state index contributed by atoms with van der Waals surface area (Å²) in [6.07, 6.45) is 3.08. The van der Waals surface area contributed by atoms with E-state index in [1.807, 2.05) is 24.3 Å². The number of aliphatic hydroxyl groups is 1. The minimum atomic E-state index is 0.00944. The molecule has 1 fully saturated rings. The first-order valence-electron chi connectivity index (χ1n) is 5.66. The van der Waals surface area contributed by atoms with Gasteiger partial charge >= 0.3 is 0 Å². The molecule has 1 unspecified atom stereocenters. The molecule has 3 heteroatoms. The lowest BCUT2D eigenvalue weighted by Gasteiger charge is -2.22. The molecule has 2 rings (SSSR count). The van der Waals surface area contributed by atoms with Gasteiger partial charge in [0.05, 0.1) is 6.61 Å². The first-order valence-corrected chi connectivity index (χ1v) is 5.66. The first-order chi connectivity index (χ1) is 7.78. The van der Waals surface area contributed by atoms with Crippen molar-refractivity contribution < 1.29 is 14.6 Å². The van der Waals surface area contributed by atoms with E-state index >= 15 is 0 Å². The van der Waals surface area contributed by atoms with E-state index in [4.69, 9.17) is 9.84 Å². The third-order valence-corrected chi connectivity index (χ3v) is 2.82. The van der Waals surface area contributed by atoms with Crippen molar-refractivity contribution in [1.29, 1.82) is 0 Å². The van der Waals surface area contributed by atoms with Gasteiger partial charge < -0.3 is 9.84 Å². The number of hydrogen-bond acceptors (Lipinski definition) is 3. The summed E-state index contributed by atoms with van der Waals surface area (Å²) in [5.74, 6) is 1.03. The van der Waals surface area contributed by atoms with Gasteiger partial charge in [-0.25, -0.2) is 0 Å². The summed E-state index contributed by atoms with van der Waals surface area (Å²) in [5.41, 5.74) is 0.833. The average Bonchev–Trinajstić information content (AvgIpc) is 2.29. The molecule has 1 N–H and O–H groups in total. The summed E-state index contributed by atoms with van der Waals surface area (Å²) in [7, 11) is 0. The van der Waals surface area contributed by atoms with Gasteiger partial charge in [-0.1, -0.05) is 12.1 Å². The standard InChI is InChI=1S/C13H16O3/c14-9-10-3-1-5-12(7-10)16-13-6-2-4-11(15)8-13/h1,3,5,7,13-14H,2,4,6,8-9H2. The van der Waals surface area contributed by atoms with Gasteiger partial charge in [0.1, 0.15) is 17.6 Å². The third-order valence-electron chi connectivity index (χ3n) is 2.82. The molecule has 86 valence electrons. The minimum Gasteiger partial charge on any atom is -0.490 e. The highest BCUT2D eigenvalue weighted by molar-refractivity contribution is 5.79. The Hall–Kier alpha value is -1.35. The number of aliphatic hydroxyl groups excluding tert-OH is 1. The van der Waals surface area contributed by atoms with Crippen LogP contribution in [0.1, 0.15) is 31.2 Å². The van der Waals surface area contributed by atoms with Crippen molar-refractivity contribution in [1.82, 2.24) is 0 Å². The van der Waals surface area contributed by atoms with E-state index in [2.05, 4.69) is 0 Å². The highest BCUT2D eigenvalue weighted by Gasteiger charge is 2.20. The maximum Gasteiger partial charge on any atom is 0.136 e. The SMILES string of the molecule is O=C1CCCC(Oc2cccc(CO)c2)C1. The molecule has 16 heavy (non-hydrogen) atoms. The Kier molecular flexibility index (Phi) is 3.57. The van der Waals surface area contributed by atoms with Gasteiger partial charge in [-0.3, -0.25) is 4.79 Å². The average molecular weight is 220 g/mol. The van der Waals surface area contributed by atoms with E-state index < -0.39 is 0 Å². The fourth-order valence-corrected chi connectivity index (χ4v) is 2.00. The van der Waals surface area contributed by atoms with Crippen LogP contribution in [0.25, 0.3) is 0 Å². The van der Waals surface area contributed by atoms with Gasteiger partial charge in [-0.15, -0.1) is 0 Å². The van der Waals surface area contributed by atoms with Crippen molar-refractivity contribution in [3.05, 3.63) is 29.8 Å². The van der Waals surface area contributed by atoms with E-state index in [1.165, 1.54) is 0 Å². The van der Waals surface area contributed by atoms with E-state index in [0.29, 0.717) is 12.8 Å². The van der Waals surface area contributed by atoms with E-state index in [9.17, 15) is 4.79 Å². The van der Waals surface area contributed by atoms with Crippen LogP contribution in [-0.4, -0.2) is 17.0 Å². The largest absolute Gasteiger partial charge is 0.490 e. The normalized spacial score (nSPS) is 20.8. The topological polar surface area (TPSA) is 46.5 Å². The molecule has 1 saturated carbocycles. The van der Waals surface area contributed by atoms with Crippen LogP contribution in [-0.2, 0) is 11.4 Å². The van der Waals surface area contributed by atoms with Gasteiger partial charge in [0.2, 0.25) is 0 Å². The Morgan fingerprint density at radius 3 is 3.06 bits per heavy atom. The Labute approximate surface area is 95.0 Å². The van der Waals surface area contributed by atoms with Crippen molar-refractivity contribution in [3.63, 3.8) is 0 Å². The highest BCUT2D eigenvalue weighted by atomic mass is 16.5. The molecule has 1 aliphatic rings. The lowest BCUT2D eigenvalue weighted by molar-refractivity contribution is -0.122. The van der Waals surface area contributed by atoms with E-state index in [0.717, 1.165) is 24.2 Å². The molecule has 0 amide bonds. The third kappa shape index (κ3) is 2.83. The fourth-order valence-electron chi connectivity index (χ4n) is 2.00. The van der Waals surface area contributed by atoms with Crippen molar-refractivity contribution in [3.8, 4) is 5.75 Å². The number of carbonyl (C=O) groups excluding carboxylic acids is 1. The second-order valence-corrected chi connectivity index (χ2v) is 4.18. The lowest BCUT2D eigenvalue weighted by atomic mass is 9.96. The van der Waals surface area contributed by atoms with Gasteiger partial charge in [-0.2, -0.15) is 0 Å². The van der Waals surface area contributed by atoms with Crippen LogP contribution in [0.3, 0.4) is 0 Å². The zero-order chi connectivity index (χ0) is 11.4. The molecular weight excluding hydrogens is 204 g/mol. The number of ketones is 1. The molecule has 3 nitrogen and oxygen atoms in total. The Bertz CT molecular complexity index is 373. The number of hydrogen-bond donors (Lipinski definition) is 1. The molecule has 1 atom stereocenters. The molecule has 0 spiro atoms. The Morgan fingerprint density at radius 2 is 2.31 bits per heavy atom.